The van der Waals surface area contributed by atoms with Gasteiger partial charge in [-0.15, -0.1) is 0 Å². The molecule has 0 aliphatic rings. The highest BCUT2D eigenvalue weighted by Gasteiger charge is 2.16. The first kappa shape index (κ1) is 22.0. The number of hydrazone groups is 1. The Bertz CT molecular complexity index is 1100. The molecule has 1 aromatic heterocycles. The molecule has 162 valence electrons. The Morgan fingerprint density at radius 1 is 1.03 bits per heavy atom. The molecule has 0 radical (unpaired) electrons. The van der Waals surface area contributed by atoms with Crippen LogP contribution in [0.2, 0.25) is 0 Å². The van der Waals surface area contributed by atoms with E-state index in [2.05, 4.69) is 10.5 Å². The Hall–Kier alpha value is -3.74. The largest absolute Gasteiger partial charge is 0.493 e. The summed E-state index contributed by atoms with van der Waals surface area (Å²) in [7, 11) is 4.61. The molecule has 0 atom stereocenters. The van der Waals surface area contributed by atoms with Crippen molar-refractivity contribution in [2.75, 3.05) is 21.3 Å². The molecule has 7 nitrogen and oxygen atoms in total. The van der Waals surface area contributed by atoms with Gasteiger partial charge in [-0.1, -0.05) is 18.2 Å². The molecule has 0 spiro atoms. The number of rotatable bonds is 8. The van der Waals surface area contributed by atoms with E-state index in [9.17, 15) is 4.79 Å². The molecule has 0 saturated carbocycles. The van der Waals surface area contributed by atoms with Crippen LogP contribution in [0.3, 0.4) is 0 Å². The van der Waals surface area contributed by atoms with Gasteiger partial charge in [0.05, 0.1) is 45.3 Å². The number of benzene rings is 2. The van der Waals surface area contributed by atoms with E-state index >= 15 is 0 Å². The van der Waals surface area contributed by atoms with Crippen LogP contribution in [-0.4, -0.2) is 38.1 Å². The average Bonchev–Trinajstić information content (AvgIpc) is 3.08. The number of hydrogen-bond donors (Lipinski definition) is 1. The van der Waals surface area contributed by atoms with Crippen molar-refractivity contribution < 1.29 is 19.0 Å². The van der Waals surface area contributed by atoms with E-state index in [1.807, 2.05) is 60.9 Å². The lowest BCUT2D eigenvalue weighted by Gasteiger charge is -2.13. The molecule has 0 aliphatic carbocycles. The van der Waals surface area contributed by atoms with Crippen LogP contribution in [-0.2, 0) is 11.3 Å². The molecule has 0 amide bonds. The second kappa shape index (κ2) is 9.84. The first-order valence-electron chi connectivity index (χ1n) is 9.83. The maximum atomic E-state index is 12.2. The highest BCUT2D eigenvalue weighted by Crippen LogP contribution is 2.27. The fraction of sp³-hybridized carbons (Fsp3) is 0.250. The highest BCUT2D eigenvalue weighted by molar-refractivity contribution is 5.94. The summed E-state index contributed by atoms with van der Waals surface area (Å²) in [6, 6.07) is 15.2. The summed E-state index contributed by atoms with van der Waals surface area (Å²) in [4.78, 5) is 12.2. The predicted molar refractivity (Wildman–Crippen MR) is 121 cm³/mol. The first-order valence-corrected chi connectivity index (χ1v) is 9.83. The monoisotopic (exact) mass is 421 g/mol. The molecule has 0 unspecified atom stereocenters. The third kappa shape index (κ3) is 4.71. The zero-order chi connectivity index (χ0) is 22.4. The van der Waals surface area contributed by atoms with Crippen LogP contribution in [0, 0.1) is 13.8 Å². The van der Waals surface area contributed by atoms with Crippen molar-refractivity contribution in [1.82, 2.24) is 9.99 Å². The average molecular weight is 421 g/mol. The Kier molecular flexibility index (Phi) is 6.97. The number of hydrogen-bond acceptors (Lipinski definition) is 6. The first-order chi connectivity index (χ1) is 15.0. The lowest BCUT2D eigenvalue weighted by atomic mass is 10.1. The van der Waals surface area contributed by atoms with E-state index in [4.69, 9.17) is 14.2 Å². The topological polar surface area (TPSA) is 74.1 Å². The maximum absolute atomic E-state index is 12.2. The minimum absolute atomic E-state index is 0.366. The molecule has 0 saturated heterocycles. The van der Waals surface area contributed by atoms with Crippen LogP contribution in [0.4, 0.5) is 0 Å². The van der Waals surface area contributed by atoms with Gasteiger partial charge in [0, 0.05) is 17.0 Å². The molecule has 0 aliphatic heterocycles. The fourth-order valence-electron chi connectivity index (χ4n) is 3.48. The van der Waals surface area contributed by atoms with Gasteiger partial charge in [-0.2, -0.15) is 5.10 Å². The van der Waals surface area contributed by atoms with Crippen molar-refractivity contribution in [1.29, 1.82) is 0 Å². The molecule has 0 bridgehead atoms. The Morgan fingerprint density at radius 2 is 1.77 bits per heavy atom. The maximum Gasteiger partial charge on any atom is 0.339 e. The molecular weight excluding hydrogens is 394 g/mol. The second-order valence-corrected chi connectivity index (χ2v) is 6.95. The summed E-state index contributed by atoms with van der Waals surface area (Å²) in [5.41, 5.74) is 8.31. The summed E-state index contributed by atoms with van der Waals surface area (Å²) >= 11 is 0. The number of esters is 1. The third-order valence-electron chi connectivity index (χ3n) is 5.05. The fourth-order valence-corrected chi connectivity index (χ4v) is 3.48. The highest BCUT2D eigenvalue weighted by atomic mass is 16.5. The van der Waals surface area contributed by atoms with Gasteiger partial charge < -0.3 is 24.2 Å². The van der Waals surface area contributed by atoms with Crippen molar-refractivity contribution in [3.05, 3.63) is 76.6 Å². The Balaban J connectivity index is 1.78. The van der Waals surface area contributed by atoms with Crippen LogP contribution in [0.5, 0.6) is 11.5 Å². The molecule has 7 heteroatoms. The number of aryl methyl sites for hydroxylation is 1. The van der Waals surface area contributed by atoms with Crippen molar-refractivity contribution in [3.8, 4) is 17.2 Å². The van der Waals surface area contributed by atoms with Gasteiger partial charge in [0.15, 0.2) is 11.5 Å². The van der Waals surface area contributed by atoms with Gasteiger partial charge in [-0.25, -0.2) is 4.79 Å². The lowest BCUT2D eigenvalue weighted by Crippen LogP contribution is -2.10. The minimum atomic E-state index is -0.366. The number of aromatic nitrogens is 1. The summed E-state index contributed by atoms with van der Waals surface area (Å²) in [5, 5.41) is 4.37. The summed E-state index contributed by atoms with van der Waals surface area (Å²) in [5.74, 6) is 1.00. The Labute approximate surface area is 182 Å². The summed E-state index contributed by atoms with van der Waals surface area (Å²) < 4.78 is 17.6. The smallest absolute Gasteiger partial charge is 0.339 e. The summed E-state index contributed by atoms with van der Waals surface area (Å²) in [6.45, 7) is 4.53. The number of carbonyl (C=O) groups is 1. The third-order valence-corrected chi connectivity index (χ3v) is 5.05. The number of nitrogens with zero attached hydrogens (tertiary/aromatic N) is 2. The van der Waals surface area contributed by atoms with Crippen molar-refractivity contribution >= 4 is 12.2 Å². The molecule has 3 aromatic rings. The van der Waals surface area contributed by atoms with Gasteiger partial charge in [0.1, 0.15) is 0 Å². The van der Waals surface area contributed by atoms with Crippen molar-refractivity contribution in [2.45, 2.75) is 20.4 Å². The zero-order valence-corrected chi connectivity index (χ0v) is 18.4. The normalized spacial score (nSPS) is 10.9. The van der Waals surface area contributed by atoms with Crippen molar-refractivity contribution in [2.24, 2.45) is 5.10 Å². The van der Waals surface area contributed by atoms with Gasteiger partial charge in [0.25, 0.3) is 0 Å². The van der Waals surface area contributed by atoms with Crippen LogP contribution in [0.15, 0.2) is 53.6 Å². The van der Waals surface area contributed by atoms with Crippen molar-refractivity contribution in [3.63, 3.8) is 0 Å². The molecular formula is C24H27N3O4. The molecule has 0 fully saturated rings. The number of nitrogens with one attached hydrogen (secondary N) is 1. The number of para-hydroxylation sites is 1. The van der Waals surface area contributed by atoms with Gasteiger partial charge in [0.2, 0.25) is 0 Å². The summed E-state index contributed by atoms with van der Waals surface area (Å²) in [6.07, 6.45) is 1.78. The van der Waals surface area contributed by atoms with E-state index in [1.54, 1.807) is 26.5 Å². The van der Waals surface area contributed by atoms with Crippen LogP contribution < -0.4 is 14.9 Å². The number of carbonyl (C=O) groups excluding carboxylic acids is 1. The quantitative estimate of drug-likeness (QED) is 0.338. The lowest BCUT2D eigenvalue weighted by molar-refractivity contribution is 0.0600. The van der Waals surface area contributed by atoms with E-state index in [1.165, 1.54) is 7.11 Å². The zero-order valence-electron chi connectivity index (χ0n) is 18.4. The number of ether oxygens (including phenoxy) is 3. The number of methoxy groups -OCH3 is 3. The van der Waals surface area contributed by atoms with E-state index in [0.717, 1.165) is 28.2 Å². The van der Waals surface area contributed by atoms with E-state index < -0.39 is 0 Å². The molecule has 1 heterocycles. The predicted octanol–water partition coefficient (Wildman–Crippen LogP) is 4.02. The SMILES string of the molecule is COC(=O)c1ccccc1-n1c(C)cc(/C=N/NCc2ccc(OC)c(OC)c2)c1C. The van der Waals surface area contributed by atoms with Crippen LogP contribution in [0.1, 0.15) is 32.9 Å². The molecule has 3 rings (SSSR count). The molecule has 31 heavy (non-hydrogen) atoms. The molecule has 2 aromatic carbocycles. The van der Waals surface area contributed by atoms with E-state index in [-0.39, 0.29) is 5.97 Å². The van der Waals surface area contributed by atoms with Gasteiger partial charge in [-0.3, -0.25) is 0 Å². The van der Waals surface area contributed by atoms with Gasteiger partial charge in [-0.05, 0) is 49.7 Å². The second-order valence-electron chi connectivity index (χ2n) is 6.95. The minimum Gasteiger partial charge on any atom is -0.493 e. The standard InChI is InChI=1S/C24H27N3O4/c1-16-12-19(15-26-25-14-18-10-11-22(29-3)23(13-18)30-4)17(2)27(16)21-9-7-6-8-20(21)24(28)31-5/h6-13,15,25H,14H2,1-5H3/b26-15+. The van der Waals surface area contributed by atoms with Crippen LogP contribution >= 0.6 is 0 Å². The molecule has 1 N–H and O–H groups in total. The van der Waals surface area contributed by atoms with Crippen LogP contribution in [0.25, 0.3) is 5.69 Å². The Morgan fingerprint density at radius 3 is 2.48 bits per heavy atom. The van der Waals surface area contributed by atoms with Gasteiger partial charge >= 0.3 is 5.97 Å². The van der Waals surface area contributed by atoms with E-state index in [0.29, 0.717) is 23.6 Å².